The van der Waals surface area contributed by atoms with Crippen molar-refractivity contribution in [3.8, 4) is 5.75 Å². The van der Waals surface area contributed by atoms with Crippen molar-refractivity contribution in [3.63, 3.8) is 0 Å². The molecule has 2 fully saturated rings. The Bertz CT molecular complexity index is 901. The van der Waals surface area contributed by atoms with E-state index in [-0.39, 0.29) is 18.5 Å². The molecule has 0 aliphatic carbocycles. The summed E-state index contributed by atoms with van der Waals surface area (Å²) in [5.41, 5.74) is 2.96. The van der Waals surface area contributed by atoms with E-state index in [2.05, 4.69) is 0 Å². The molecule has 2 heterocycles. The van der Waals surface area contributed by atoms with Crippen molar-refractivity contribution in [3.05, 3.63) is 65.2 Å². The Kier molecular flexibility index (Phi) is 5.06. The molecule has 0 N–H and O–H groups in total. The van der Waals surface area contributed by atoms with Gasteiger partial charge < -0.3 is 14.4 Å². The van der Waals surface area contributed by atoms with Gasteiger partial charge in [0, 0.05) is 17.7 Å². The Morgan fingerprint density at radius 1 is 1.25 bits per heavy atom. The fourth-order valence-electron chi connectivity index (χ4n) is 4.08. The number of ether oxygens (including phenoxy) is 2. The van der Waals surface area contributed by atoms with E-state index in [1.807, 2.05) is 55.5 Å². The van der Waals surface area contributed by atoms with Crippen molar-refractivity contribution in [2.75, 3.05) is 12.9 Å². The van der Waals surface area contributed by atoms with Crippen LogP contribution in [0.25, 0.3) is 0 Å². The largest absolute Gasteiger partial charge is 0.496 e. The summed E-state index contributed by atoms with van der Waals surface area (Å²) in [4.78, 5) is 26.8. The van der Waals surface area contributed by atoms with Crippen LogP contribution in [0.5, 0.6) is 5.75 Å². The lowest BCUT2D eigenvalue weighted by atomic mass is 10.0. The first-order valence-corrected chi connectivity index (χ1v) is 10.4. The number of hydrogen-bond donors (Lipinski definition) is 0. The number of methoxy groups -OCH3 is 1. The highest BCUT2D eigenvalue weighted by Crippen LogP contribution is 2.54. The zero-order valence-electron chi connectivity index (χ0n) is 16.0. The Balaban J connectivity index is 1.53. The number of aryl methyl sites for hydroxylation is 1. The highest BCUT2D eigenvalue weighted by molar-refractivity contribution is 8.00. The van der Waals surface area contributed by atoms with Crippen LogP contribution in [0, 0.1) is 6.92 Å². The van der Waals surface area contributed by atoms with Gasteiger partial charge in [0.25, 0.3) is 0 Å². The molecule has 0 bridgehead atoms. The summed E-state index contributed by atoms with van der Waals surface area (Å²) >= 11 is 1.67. The molecular weight excluding hydrogens is 374 g/mol. The maximum absolute atomic E-state index is 12.9. The molecule has 5 nitrogen and oxygen atoms in total. The second-order valence-corrected chi connectivity index (χ2v) is 8.46. The van der Waals surface area contributed by atoms with Gasteiger partial charge in [0.15, 0.2) is 0 Å². The first kappa shape index (κ1) is 18.9. The molecule has 0 aromatic heterocycles. The summed E-state index contributed by atoms with van der Waals surface area (Å²) in [5.74, 6) is 0.896. The first-order valence-electron chi connectivity index (χ1n) is 9.37. The van der Waals surface area contributed by atoms with E-state index in [4.69, 9.17) is 9.47 Å². The zero-order chi connectivity index (χ0) is 19.7. The molecule has 0 spiro atoms. The SMILES string of the molecule is COc1ccc(C)cc1COC(=O)[C@H]1CS[C@]2(c3ccccc3)CCC(=O)N12. The molecule has 2 saturated heterocycles. The van der Waals surface area contributed by atoms with Crippen LogP contribution in [0.15, 0.2) is 48.5 Å². The van der Waals surface area contributed by atoms with Crippen LogP contribution in [-0.2, 0) is 25.8 Å². The van der Waals surface area contributed by atoms with Crippen LogP contribution < -0.4 is 4.74 Å². The van der Waals surface area contributed by atoms with Crippen molar-refractivity contribution in [1.29, 1.82) is 0 Å². The van der Waals surface area contributed by atoms with Gasteiger partial charge in [-0.1, -0.05) is 42.0 Å². The predicted molar refractivity (Wildman–Crippen MR) is 108 cm³/mol. The van der Waals surface area contributed by atoms with E-state index < -0.39 is 10.9 Å². The van der Waals surface area contributed by atoms with Gasteiger partial charge in [0.1, 0.15) is 23.3 Å². The van der Waals surface area contributed by atoms with Crippen LogP contribution >= 0.6 is 11.8 Å². The summed E-state index contributed by atoms with van der Waals surface area (Å²) in [6.45, 7) is 2.11. The minimum absolute atomic E-state index is 0.0175. The van der Waals surface area contributed by atoms with E-state index in [1.165, 1.54) is 0 Å². The van der Waals surface area contributed by atoms with Crippen LogP contribution in [0.3, 0.4) is 0 Å². The molecule has 2 aromatic rings. The fraction of sp³-hybridized carbons (Fsp3) is 0.364. The summed E-state index contributed by atoms with van der Waals surface area (Å²) in [6.07, 6.45) is 1.17. The van der Waals surface area contributed by atoms with E-state index in [1.54, 1.807) is 23.8 Å². The molecule has 0 saturated carbocycles. The van der Waals surface area contributed by atoms with Crippen molar-refractivity contribution in [2.24, 2.45) is 0 Å². The van der Waals surface area contributed by atoms with Gasteiger partial charge in [-0.05, 0) is 31.0 Å². The Hall–Kier alpha value is -2.47. The van der Waals surface area contributed by atoms with Crippen LogP contribution in [0.1, 0.15) is 29.5 Å². The van der Waals surface area contributed by atoms with E-state index in [9.17, 15) is 9.59 Å². The molecular formula is C22H23NO4S. The van der Waals surface area contributed by atoms with Gasteiger partial charge >= 0.3 is 5.97 Å². The summed E-state index contributed by atoms with van der Waals surface area (Å²) in [6, 6.07) is 15.2. The normalized spacial score (nSPS) is 23.6. The average molecular weight is 397 g/mol. The highest BCUT2D eigenvalue weighted by atomic mass is 32.2. The fourth-order valence-corrected chi connectivity index (χ4v) is 5.72. The number of fused-ring (bicyclic) bond motifs is 1. The topological polar surface area (TPSA) is 55.8 Å². The summed E-state index contributed by atoms with van der Waals surface area (Å²) < 4.78 is 11.0. The van der Waals surface area contributed by atoms with E-state index >= 15 is 0 Å². The Morgan fingerprint density at radius 3 is 2.79 bits per heavy atom. The molecule has 2 aliphatic heterocycles. The number of carbonyl (C=O) groups excluding carboxylic acids is 2. The second kappa shape index (κ2) is 7.51. The Labute approximate surface area is 169 Å². The molecule has 2 atom stereocenters. The third-order valence-electron chi connectivity index (χ3n) is 5.43. The number of carbonyl (C=O) groups is 2. The van der Waals surface area contributed by atoms with Crippen molar-refractivity contribution >= 4 is 23.6 Å². The average Bonchev–Trinajstić information content (AvgIpc) is 3.26. The quantitative estimate of drug-likeness (QED) is 0.721. The molecule has 28 heavy (non-hydrogen) atoms. The lowest BCUT2D eigenvalue weighted by Gasteiger charge is -2.33. The number of benzene rings is 2. The monoisotopic (exact) mass is 397 g/mol. The predicted octanol–water partition coefficient (Wildman–Crippen LogP) is 3.64. The van der Waals surface area contributed by atoms with Crippen LogP contribution in [-0.4, -0.2) is 35.7 Å². The number of rotatable bonds is 5. The summed E-state index contributed by atoms with van der Waals surface area (Å²) in [7, 11) is 1.60. The van der Waals surface area contributed by atoms with Gasteiger partial charge in [0.05, 0.1) is 7.11 Å². The second-order valence-electron chi connectivity index (χ2n) is 7.16. The van der Waals surface area contributed by atoms with Gasteiger partial charge in [0.2, 0.25) is 5.91 Å². The van der Waals surface area contributed by atoms with Crippen molar-refractivity contribution in [2.45, 2.75) is 37.3 Å². The molecule has 0 radical (unpaired) electrons. The number of thioether (sulfide) groups is 1. The number of amides is 1. The van der Waals surface area contributed by atoms with Crippen LogP contribution in [0.2, 0.25) is 0 Å². The molecule has 0 unspecified atom stereocenters. The minimum Gasteiger partial charge on any atom is -0.496 e. The highest BCUT2D eigenvalue weighted by Gasteiger charge is 2.57. The van der Waals surface area contributed by atoms with Gasteiger partial charge in [-0.25, -0.2) is 4.79 Å². The van der Waals surface area contributed by atoms with Gasteiger partial charge in [-0.15, -0.1) is 11.8 Å². The number of nitrogens with zero attached hydrogens (tertiary/aromatic N) is 1. The maximum Gasteiger partial charge on any atom is 0.330 e. The van der Waals surface area contributed by atoms with E-state index in [0.717, 1.165) is 23.1 Å². The molecule has 1 amide bonds. The number of esters is 1. The Morgan fingerprint density at radius 2 is 2.04 bits per heavy atom. The van der Waals surface area contributed by atoms with E-state index in [0.29, 0.717) is 17.9 Å². The van der Waals surface area contributed by atoms with Crippen LogP contribution in [0.4, 0.5) is 0 Å². The molecule has 2 aliphatic rings. The molecule has 6 heteroatoms. The smallest absolute Gasteiger partial charge is 0.330 e. The zero-order valence-corrected chi connectivity index (χ0v) is 16.8. The summed E-state index contributed by atoms with van der Waals surface area (Å²) in [5, 5.41) is 0. The molecule has 146 valence electrons. The maximum atomic E-state index is 12.9. The lowest BCUT2D eigenvalue weighted by molar-refractivity contribution is -0.155. The van der Waals surface area contributed by atoms with Gasteiger partial charge in [-0.2, -0.15) is 0 Å². The number of hydrogen-bond acceptors (Lipinski definition) is 5. The standard InChI is InChI=1S/C22H23NO4S/c1-15-8-9-19(26-2)16(12-15)13-27-21(25)18-14-28-22(11-10-20(24)23(18)22)17-6-4-3-5-7-17/h3-9,12,18H,10-11,13-14H2,1-2H3/t18-,22+/m1/s1. The third kappa shape index (κ3) is 3.15. The lowest BCUT2D eigenvalue weighted by Crippen LogP contribution is -2.46. The third-order valence-corrected chi connectivity index (χ3v) is 7.03. The van der Waals surface area contributed by atoms with Crippen molar-refractivity contribution < 1.29 is 19.1 Å². The minimum atomic E-state index is -0.559. The van der Waals surface area contributed by atoms with Crippen molar-refractivity contribution in [1.82, 2.24) is 4.90 Å². The molecule has 4 rings (SSSR count). The van der Waals surface area contributed by atoms with Gasteiger partial charge in [-0.3, -0.25) is 4.79 Å². The molecule has 2 aromatic carbocycles. The first-order chi connectivity index (χ1) is 13.5.